The minimum atomic E-state index is 0. The Morgan fingerprint density at radius 1 is 1.23 bits per heavy atom. The van der Waals surface area contributed by atoms with Crippen molar-refractivity contribution in [3.63, 3.8) is 0 Å². The average molecular weight is 207 g/mol. The zero-order chi connectivity index (χ0) is 8.23. The summed E-state index contributed by atoms with van der Waals surface area (Å²) in [5.41, 5.74) is 0. The molecule has 2 saturated heterocycles. The van der Waals surface area contributed by atoms with Gasteiger partial charge in [-0.1, -0.05) is 0 Å². The van der Waals surface area contributed by atoms with E-state index in [0.717, 1.165) is 32.3 Å². The van der Waals surface area contributed by atoms with E-state index in [2.05, 4.69) is 10.2 Å². The van der Waals surface area contributed by atoms with Gasteiger partial charge in [-0.25, -0.2) is 0 Å². The first-order chi connectivity index (χ1) is 5.97. The molecule has 0 radical (unpaired) electrons. The van der Waals surface area contributed by atoms with E-state index in [9.17, 15) is 0 Å². The van der Waals surface area contributed by atoms with Crippen molar-refractivity contribution < 1.29 is 4.74 Å². The third-order valence-corrected chi connectivity index (χ3v) is 2.83. The molecule has 2 fully saturated rings. The van der Waals surface area contributed by atoms with Gasteiger partial charge >= 0.3 is 0 Å². The summed E-state index contributed by atoms with van der Waals surface area (Å²) in [6.45, 7) is 6.51. The summed E-state index contributed by atoms with van der Waals surface area (Å²) in [4.78, 5) is 2.57. The lowest BCUT2D eigenvalue weighted by Gasteiger charge is -2.36. The predicted octanol–water partition coefficient (Wildman–Crippen LogP) is 0.492. The highest BCUT2D eigenvalue weighted by molar-refractivity contribution is 5.85. The van der Waals surface area contributed by atoms with Crippen LogP contribution < -0.4 is 5.32 Å². The standard InChI is InChI=1S/C9H18N2O.ClH/c1-2-9(8-10-3-1)11-4-6-12-7-5-11;/h9-10H,1-8H2;1H. The van der Waals surface area contributed by atoms with Crippen LogP contribution in [0.3, 0.4) is 0 Å². The van der Waals surface area contributed by atoms with Crippen LogP contribution in [0, 0.1) is 0 Å². The van der Waals surface area contributed by atoms with Crippen molar-refractivity contribution in [3.8, 4) is 0 Å². The van der Waals surface area contributed by atoms with Crippen LogP contribution in [0.5, 0.6) is 0 Å². The fourth-order valence-electron chi connectivity index (χ4n) is 2.09. The maximum absolute atomic E-state index is 5.33. The summed E-state index contributed by atoms with van der Waals surface area (Å²) >= 11 is 0. The first kappa shape index (κ1) is 11.2. The maximum atomic E-state index is 5.33. The highest BCUT2D eigenvalue weighted by Crippen LogP contribution is 2.11. The first-order valence-corrected chi connectivity index (χ1v) is 4.99. The molecule has 4 heteroatoms. The number of morpholine rings is 1. The summed E-state index contributed by atoms with van der Waals surface area (Å²) in [7, 11) is 0. The molecule has 2 aliphatic rings. The van der Waals surface area contributed by atoms with E-state index in [4.69, 9.17) is 4.74 Å². The number of nitrogens with one attached hydrogen (secondary N) is 1. The first-order valence-electron chi connectivity index (χ1n) is 4.99. The SMILES string of the molecule is C1CNCC(N2CCOCC2)C1.Cl. The van der Waals surface area contributed by atoms with E-state index in [1.807, 2.05) is 0 Å². The summed E-state index contributed by atoms with van der Waals surface area (Å²) in [5, 5.41) is 3.45. The summed E-state index contributed by atoms with van der Waals surface area (Å²) in [5.74, 6) is 0. The predicted molar refractivity (Wildman–Crippen MR) is 55.5 cm³/mol. The highest BCUT2D eigenvalue weighted by atomic mass is 35.5. The number of ether oxygens (including phenoxy) is 1. The Kier molecular flexibility index (Phi) is 5.02. The molecule has 78 valence electrons. The topological polar surface area (TPSA) is 24.5 Å². The molecule has 1 N–H and O–H groups in total. The van der Waals surface area contributed by atoms with Gasteiger partial charge in [0.15, 0.2) is 0 Å². The molecule has 2 aliphatic heterocycles. The van der Waals surface area contributed by atoms with Gasteiger partial charge in [0.2, 0.25) is 0 Å². The second-order valence-corrected chi connectivity index (χ2v) is 3.65. The Hall–Kier alpha value is 0.170. The molecule has 0 aromatic carbocycles. The zero-order valence-electron chi connectivity index (χ0n) is 8.00. The normalized spacial score (nSPS) is 30.9. The van der Waals surface area contributed by atoms with Gasteiger partial charge < -0.3 is 10.1 Å². The lowest BCUT2D eigenvalue weighted by atomic mass is 10.1. The molecule has 0 aromatic rings. The Bertz CT molecular complexity index is 118. The summed E-state index contributed by atoms with van der Waals surface area (Å²) < 4.78 is 5.33. The zero-order valence-corrected chi connectivity index (χ0v) is 8.81. The van der Waals surface area contributed by atoms with Crippen molar-refractivity contribution in [3.05, 3.63) is 0 Å². The van der Waals surface area contributed by atoms with E-state index in [1.165, 1.54) is 25.9 Å². The molecule has 0 aromatic heterocycles. The molecule has 1 atom stereocenters. The van der Waals surface area contributed by atoms with Gasteiger partial charge in [0.1, 0.15) is 0 Å². The van der Waals surface area contributed by atoms with Gasteiger partial charge in [-0.15, -0.1) is 12.4 Å². The quantitative estimate of drug-likeness (QED) is 0.676. The summed E-state index contributed by atoms with van der Waals surface area (Å²) in [6, 6.07) is 0.780. The number of piperidine rings is 1. The Balaban J connectivity index is 0.000000845. The van der Waals surface area contributed by atoms with Crippen LogP contribution in [0.2, 0.25) is 0 Å². The van der Waals surface area contributed by atoms with Crippen LogP contribution in [0.1, 0.15) is 12.8 Å². The van der Waals surface area contributed by atoms with Crippen molar-refractivity contribution in [2.24, 2.45) is 0 Å². The van der Waals surface area contributed by atoms with Gasteiger partial charge in [-0.05, 0) is 19.4 Å². The Morgan fingerprint density at radius 3 is 2.62 bits per heavy atom. The van der Waals surface area contributed by atoms with Gasteiger partial charge in [-0.2, -0.15) is 0 Å². The summed E-state index contributed by atoms with van der Waals surface area (Å²) in [6.07, 6.45) is 2.70. The van der Waals surface area contributed by atoms with E-state index in [0.29, 0.717) is 0 Å². The van der Waals surface area contributed by atoms with Crippen LogP contribution in [0.4, 0.5) is 0 Å². The molecular weight excluding hydrogens is 188 g/mol. The molecule has 0 bridgehead atoms. The Labute approximate surface area is 86.2 Å². The third-order valence-electron chi connectivity index (χ3n) is 2.83. The smallest absolute Gasteiger partial charge is 0.0594 e. The van der Waals surface area contributed by atoms with Gasteiger partial charge in [0.25, 0.3) is 0 Å². The van der Waals surface area contributed by atoms with Crippen LogP contribution in [-0.2, 0) is 4.74 Å². The highest BCUT2D eigenvalue weighted by Gasteiger charge is 2.21. The second kappa shape index (κ2) is 5.81. The van der Waals surface area contributed by atoms with E-state index in [1.54, 1.807) is 0 Å². The average Bonchev–Trinajstić information content (AvgIpc) is 2.21. The number of rotatable bonds is 1. The van der Waals surface area contributed by atoms with Crippen molar-refractivity contribution in [2.45, 2.75) is 18.9 Å². The molecule has 3 nitrogen and oxygen atoms in total. The fraction of sp³-hybridized carbons (Fsp3) is 1.00. The third kappa shape index (κ3) is 3.09. The van der Waals surface area contributed by atoms with Crippen molar-refractivity contribution >= 4 is 12.4 Å². The number of hydrogen-bond acceptors (Lipinski definition) is 3. The van der Waals surface area contributed by atoms with Crippen LogP contribution in [0.15, 0.2) is 0 Å². The molecule has 1 unspecified atom stereocenters. The molecule has 2 heterocycles. The molecule has 0 aliphatic carbocycles. The minimum absolute atomic E-state index is 0. The lowest BCUT2D eigenvalue weighted by molar-refractivity contribution is 0.0116. The van der Waals surface area contributed by atoms with Crippen LogP contribution in [-0.4, -0.2) is 50.3 Å². The van der Waals surface area contributed by atoms with Crippen molar-refractivity contribution in [1.82, 2.24) is 10.2 Å². The van der Waals surface area contributed by atoms with E-state index in [-0.39, 0.29) is 12.4 Å². The van der Waals surface area contributed by atoms with Gasteiger partial charge in [0.05, 0.1) is 13.2 Å². The minimum Gasteiger partial charge on any atom is -0.379 e. The fourth-order valence-corrected chi connectivity index (χ4v) is 2.09. The largest absolute Gasteiger partial charge is 0.379 e. The van der Waals surface area contributed by atoms with E-state index >= 15 is 0 Å². The van der Waals surface area contributed by atoms with Crippen LogP contribution >= 0.6 is 12.4 Å². The van der Waals surface area contributed by atoms with Gasteiger partial charge in [-0.3, -0.25) is 4.90 Å². The maximum Gasteiger partial charge on any atom is 0.0594 e. The molecular formula is C9H19ClN2O. The molecule has 0 saturated carbocycles. The molecule has 2 rings (SSSR count). The number of hydrogen-bond donors (Lipinski definition) is 1. The molecule has 13 heavy (non-hydrogen) atoms. The number of nitrogens with zero attached hydrogens (tertiary/aromatic N) is 1. The van der Waals surface area contributed by atoms with Crippen molar-refractivity contribution in [1.29, 1.82) is 0 Å². The Morgan fingerprint density at radius 2 is 2.00 bits per heavy atom. The van der Waals surface area contributed by atoms with E-state index < -0.39 is 0 Å². The number of halogens is 1. The lowest BCUT2D eigenvalue weighted by Crippen LogP contribution is -2.50. The van der Waals surface area contributed by atoms with Crippen LogP contribution in [0.25, 0.3) is 0 Å². The second-order valence-electron chi connectivity index (χ2n) is 3.65. The van der Waals surface area contributed by atoms with Gasteiger partial charge in [0, 0.05) is 25.7 Å². The van der Waals surface area contributed by atoms with Crippen molar-refractivity contribution in [2.75, 3.05) is 39.4 Å². The monoisotopic (exact) mass is 206 g/mol. The molecule has 0 amide bonds. The molecule has 0 spiro atoms.